The third-order valence-electron chi connectivity index (χ3n) is 3.61. The molecule has 94 valence electrons. The van der Waals surface area contributed by atoms with Crippen molar-refractivity contribution in [2.45, 2.75) is 26.7 Å². The second-order valence-electron chi connectivity index (χ2n) is 5.15. The van der Waals surface area contributed by atoms with Gasteiger partial charge in [-0.25, -0.2) is 4.98 Å². The van der Waals surface area contributed by atoms with Crippen LogP contribution in [-0.2, 0) is 0 Å². The van der Waals surface area contributed by atoms with Crippen LogP contribution in [0.3, 0.4) is 0 Å². The minimum Gasteiger partial charge on any atom is -0.399 e. The molecule has 1 aliphatic rings. The molecular weight excluding hydrogens is 234 g/mol. The molecule has 17 heavy (non-hydrogen) atoms. The van der Waals surface area contributed by atoms with E-state index >= 15 is 0 Å². The molecule has 1 aliphatic heterocycles. The highest BCUT2D eigenvalue weighted by Gasteiger charge is 2.22. The standard InChI is InChI=1S/C13H20ClN3/c1-9(2)10-3-5-17(6-4-10)13-8-11(15)7-12(14)16-13/h7-10H,3-6H2,1-2H3,(H2,15,16). The molecule has 0 aliphatic carbocycles. The monoisotopic (exact) mass is 253 g/mol. The van der Waals surface area contributed by atoms with Crippen LogP contribution in [0.1, 0.15) is 26.7 Å². The number of nitrogens with zero attached hydrogens (tertiary/aromatic N) is 2. The van der Waals surface area contributed by atoms with Crippen LogP contribution in [-0.4, -0.2) is 18.1 Å². The Balaban J connectivity index is 2.05. The number of aromatic nitrogens is 1. The Hall–Kier alpha value is -0.960. The molecule has 1 fully saturated rings. The smallest absolute Gasteiger partial charge is 0.133 e. The van der Waals surface area contributed by atoms with Gasteiger partial charge in [-0.05, 0) is 30.7 Å². The van der Waals surface area contributed by atoms with Gasteiger partial charge in [0.2, 0.25) is 0 Å². The quantitative estimate of drug-likeness (QED) is 0.823. The van der Waals surface area contributed by atoms with Gasteiger partial charge >= 0.3 is 0 Å². The molecule has 3 nitrogen and oxygen atoms in total. The number of rotatable bonds is 2. The maximum atomic E-state index is 5.93. The Labute approximate surface area is 108 Å². The second-order valence-corrected chi connectivity index (χ2v) is 5.54. The van der Waals surface area contributed by atoms with Gasteiger partial charge in [-0.3, -0.25) is 0 Å². The maximum Gasteiger partial charge on any atom is 0.133 e. The molecule has 0 spiro atoms. The van der Waals surface area contributed by atoms with Crippen molar-refractivity contribution >= 4 is 23.1 Å². The van der Waals surface area contributed by atoms with Gasteiger partial charge in [0.05, 0.1) is 0 Å². The van der Waals surface area contributed by atoms with Crippen molar-refractivity contribution < 1.29 is 0 Å². The summed E-state index contributed by atoms with van der Waals surface area (Å²) in [6.45, 7) is 6.71. The minimum atomic E-state index is 0.478. The van der Waals surface area contributed by atoms with Crippen LogP contribution in [0.15, 0.2) is 12.1 Å². The molecule has 1 aromatic rings. The summed E-state index contributed by atoms with van der Waals surface area (Å²) in [5.74, 6) is 2.52. The van der Waals surface area contributed by atoms with Crippen LogP contribution >= 0.6 is 11.6 Å². The van der Waals surface area contributed by atoms with Gasteiger partial charge in [-0.1, -0.05) is 25.4 Å². The van der Waals surface area contributed by atoms with E-state index in [4.69, 9.17) is 17.3 Å². The molecule has 4 heteroatoms. The Morgan fingerprint density at radius 1 is 1.35 bits per heavy atom. The van der Waals surface area contributed by atoms with Crippen molar-refractivity contribution in [2.24, 2.45) is 11.8 Å². The van der Waals surface area contributed by atoms with E-state index in [1.165, 1.54) is 12.8 Å². The fraction of sp³-hybridized carbons (Fsp3) is 0.615. The highest BCUT2D eigenvalue weighted by molar-refractivity contribution is 6.29. The van der Waals surface area contributed by atoms with Crippen LogP contribution in [0.5, 0.6) is 0 Å². The van der Waals surface area contributed by atoms with E-state index in [-0.39, 0.29) is 0 Å². The summed E-state index contributed by atoms with van der Waals surface area (Å²) in [4.78, 5) is 6.62. The zero-order valence-corrected chi connectivity index (χ0v) is 11.2. The molecule has 0 amide bonds. The Morgan fingerprint density at radius 2 is 2.00 bits per heavy atom. The average Bonchev–Trinajstić information content (AvgIpc) is 2.28. The fourth-order valence-corrected chi connectivity index (χ4v) is 2.67. The number of nitrogens with two attached hydrogens (primary N) is 1. The molecule has 0 saturated carbocycles. The van der Waals surface area contributed by atoms with Crippen molar-refractivity contribution in [2.75, 3.05) is 23.7 Å². The predicted molar refractivity (Wildman–Crippen MR) is 73.4 cm³/mol. The number of pyridine rings is 1. The molecule has 0 radical (unpaired) electrons. The van der Waals surface area contributed by atoms with Crippen molar-refractivity contribution in [1.29, 1.82) is 0 Å². The largest absolute Gasteiger partial charge is 0.399 e. The van der Waals surface area contributed by atoms with Gasteiger partial charge in [0.15, 0.2) is 0 Å². The molecule has 1 saturated heterocycles. The molecule has 0 aromatic carbocycles. The lowest BCUT2D eigenvalue weighted by Gasteiger charge is -2.34. The number of hydrogen-bond acceptors (Lipinski definition) is 3. The molecule has 1 aromatic heterocycles. The van der Waals surface area contributed by atoms with Gasteiger partial charge in [0.1, 0.15) is 11.0 Å². The summed E-state index contributed by atoms with van der Waals surface area (Å²) >= 11 is 5.93. The summed E-state index contributed by atoms with van der Waals surface area (Å²) in [7, 11) is 0. The first-order valence-corrected chi connectivity index (χ1v) is 6.62. The summed E-state index contributed by atoms with van der Waals surface area (Å²) in [6, 6.07) is 3.59. The third-order valence-corrected chi connectivity index (χ3v) is 3.80. The lowest BCUT2D eigenvalue weighted by atomic mass is 9.87. The van der Waals surface area contributed by atoms with Crippen LogP contribution in [0, 0.1) is 11.8 Å². The van der Waals surface area contributed by atoms with E-state index in [0.29, 0.717) is 10.8 Å². The Kier molecular flexibility index (Phi) is 3.77. The number of halogens is 1. The highest BCUT2D eigenvalue weighted by atomic mass is 35.5. The summed E-state index contributed by atoms with van der Waals surface area (Å²) < 4.78 is 0. The highest BCUT2D eigenvalue weighted by Crippen LogP contribution is 2.28. The Bertz CT molecular complexity index is 364. The van der Waals surface area contributed by atoms with E-state index in [1.807, 2.05) is 6.07 Å². The minimum absolute atomic E-state index is 0.478. The molecule has 2 heterocycles. The first-order chi connectivity index (χ1) is 8.06. The van der Waals surface area contributed by atoms with Gasteiger partial charge in [0.25, 0.3) is 0 Å². The van der Waals surface area contributed by atoms with E-state index in [9.17, 15) is 0 Å². The SMILES string of the molecule is CC(C)C1CCN(c2cc(N)cc(Cl)n2)CC1. The normalized spacial score (nSPS) is 17.8. The first-order valence-electron chi connectivity index (χ1n) is 6.24. The molecule has 0 unspecified atom stereocenters. The van der Waals surface area contributed by atoms with Crippen molar-refractivity contribution in [3.8, 4) is 0 Å². The number of nitrogen functional groups attached to an aromatic ring is 1. The van der Waals surface area contributed by atoms with Gasteiger partial charge in [-0.15, -0.1) is 0 Å². The van der Waals surface area contributed by atoms with Crippen molar-refractivity contribution in [3.05, 3.63) is 17.3 Å². The van der Waals surface area contributed by atoms with Gasteiger partial charge in [-0.2, -0.15) is 0 Å². The second kappa shape index (κ2) is 5.13. The summed E-state index contributed by atoms with van der Waals surface area (Å²) in [5.41, 5.74) is 6.48. The van der Waals surface area contributed by atoms with E-state index in [1.54, 1.807) is 6.07 Å². The molecular formula is C13H20ClN3. The van der Waals surface area contributed by atoms with E-state index < -0.39 is 0 Å². The van der Waals surface area contributed by atoms with Gasteiger partial charge < -0.3 is 10.6 Å². The molecule has 2 N–H and O–H groups in total. The fourth-order valence-electron chi connectivity index (χ4n) is 2.46. The summed E-state index contributed by atoms with van der Waals surface area (Å²) in [6.07, 6.45) is 2.46. The van der Waals surface area contributed by atoms with E-state index in [2.05, 4.69) is 23.7 Å². The lowest BCUT2D eigenvalue weighted by Crippen LogP contribution is -2.35. The first kappa shape index (κ1) is 12.5. The molecule has 0 atom stereocenters. The molecule has 0 bridgehead atoms. The number of anilines is 2. The van der Waals surface area contributed by atoms with Gasteiger partial charge in [0, 0.05) is 24.8 Å². The van der Waals surface area contributed by atoms with Crippen LogP contribution in [0.4, 0.5) is 11.5 Å². The zero-order chi connectivity index (χ0) is 12.4. The number of hydrogen-bond donors (Lipinski definition) is 1. The maximum absolute atomic E-state index is 5.93. The third kappa shape index (κ3) is 3.03. The van der Waals surface area contributed by atoms with Crippen LogP contribution in [0.2, 0.25) is 5.15 Å². The van der Waals surface area contributed by atoms with E-state index in [0.717, 1.165) is 30.7 Å². The number of piperidine rings is 1. The van der Waals surface area contributed by atoms with Crippen molar-refractivity contribution in [1.82, 2.24) is 4.98 Å². The van der Waals surface area contributed by atoms with Crippen LogP contribution < -0.4 is 10.6 Å². The van der Waals surface area contributed by atoms with Crippen molar-refractivity contribution in [3.63, 3.8) is 0 Å². The van der Waals surface area contributed by atoms with Crippen LogP contribution in [0.25, 0.3) is 0 Å². The topological polar surface area (TPSA) is 42.1 Å². The lowest BCUT2D eigenvalue weighted by molar-refractivity contribution is 0.311. The molecule has 2 rings (SSSR count). The predicted octanol–water partition coefficient (Wildman–Crippen LogP) is 3.19. The average molecular weight is 254 g/mol. The Morgan fingerprint density at radius 3 is 2.53 bits per heavy atom. The summed E-state index contributed by atoms with van der Waals surface area (Å²) in [5, 5.41) is 0.478. The zero-order valence-electron chi connectivity index (χ0n) is 10.5.